The van der Waals surface area contributed by atoms with E-state index in [2.05, 4.69) is 0 Å². The first-order valence-electron chi connectivity index (χ1n) is 2.83. The van der Waals surface area contributed by atoms with Crippen molar-refractivity contribution in [1.82, 2.24) is 9.69 Å². The van der Waals surface area contributed by atoms with Crippen molar-refractivity contribution in [3.05, 3.63) is 15.7 Å². The number of nitrogens with zero attached hydrogens (tertiary/aromatic N) is 2. The van der Waals surface area contributed by atoms with Crippen LogP contribution in [-0.2, 0) is 0 Å². The third kappa shape index (κ3) is 0.779. The van der Waals surface area contributed by atoms with Crippen molar-refractivity contribution in [2.45, 2.75) is 0 Å². The molecule has 0 bridgehead atoms. The average Bonchev–Trinajstić information content (AvgIpc) is 2.08. The van der Waals surface area contributed by atoms with E-state index in [0.717, 1.165) is 0 Å². The highest BCUT2D eigenvalue weighted by molar-refractivity contribution is 5.56. The molecule has 8 heteroatoms. The van der Waals surface area contributed by atoms with E-state index in [1.54, 1.807) is 0 Å². The van der Waals surface area contributed by atoms with Crippen LogP contribution in [0.3, 0.4) is 0 Å². The minimum absolute atomic E-state index is 0.000926. The van der Waals surface area contributed by atoms with Crippen molar-refractivity contribution < 1.29 is 10.4 Å². The second-order valence-corrected chi connectivity index (χ2v) is 2.06. The molecule has 0 spiro atoms. The van der Waals surface area contributed by atoms with Gasteiger partial charge in [0.15, 0.2) is 5.82 Å². The molecule has 0 aliphatic rings. The Balaban J connectivity index is 3.86. The van der Waals surface area contributed by atoms with Crippen LogP contribution in [0.4, 0.5) is 11.5 Å². The predicted molar refractivity (Wildman–Crippen MR) is 37.7 cm³/mol. The number of nitrogen functional groups attached to an aromatic ring is 2. The van der Waals surface area contributed by atoms with Gasteiger partial charge in [0.05, 0.1) is 0 Å². The number of nitrogens with one attached hydrogen (secondary N) is 1. The molecule has 0 atom stereocenters. The fourth-order valence-corrected chi connectivity index (χ4v) is 0.639. The van der Waals surface area contributed by atoms with Crippen molar-refractivity contribution in [3.8, 4) is 0 Å². The van der Waals surface area contributed by atoms with Crippen LogP contribution in [0, 0.1) is 5.41 Å². The molecule has 1 aromatic heterocycles. The summed E-state index contributed by atoms with van der Waals surface area (Å²) in [5.41, 5.74) is 7.87. The van der Waals surface area contributed by atoms with Gasteiger partial charge in [-0.2, -0.15) is 0 Å². The molecule has 8 nitrogen and oxygen atoms in total. The number of anilines is 2. The lowest BCUT2D eigenvalue weighted by Crippen LogP contribution is -2.41. The molecule has 0 aliphatic heterocycles. The minimum Gasteiger partial charge on any atom is -0.409 e. The van der Waals surface area contributed by atoms with E-state index in [1.165, 1.54) is 0 Å². The van der Waals surface area contributed by atoms with E-state index in [-0.39, 0.29) is 9.69 Å². The molecule has 0 aliphatic carbocycles. The maximum Gasteiger partial charge on any atom is 0.252 e. The first-order valence-corrected chi connectivity index (χ1v) is 2.83. The van der Waals surface area contributed by atoms with Crippen LogP contribution in [0.15, 0.2) is 4.79 Å². The Morgan fingerprint density at radius 3 is 2.25 bits per heavy atom. The highest BCUT2D eigenvalue weighted by Gasteiger charge is 2.10. The van der Waals surface area contributed by atoms with Gasteiger partial charge in [0, 0.05) is 0 Å². The molecule has 0 amide bonds. The first kappa shape index (κ1) is 7.98. The molecule has 0 saturated carbocycles. The van der Waals surface area contributed by atoms with Crippen LogP contribution >= 0.6 is 0 Å². The topological polar surface area (TPSA) is 143 Å². The summed E-state index contributed by atoms with van der Waals surface area (Å²) in [4.78, 5) is 10.7. The Hall–Kier alpha value is -2.12. The third-order valence-corrected chi connectivity index (χ3v) is 1.33. The van der Waals surface area contributed by atoms with Gasteiger partial charge in [-0.1, -0.05) is 9.69 Å². The van der Waals surface area contributed by atoms with Crippen LogP contribution in [-0.4, -0.2) is 20.1 Å². The summed E-state index contributed by atoms with van der Waals surface area (Å²) in [6.07, 6.45) is 0. The lowest BCUT2D eigenvalue weighted by Gasteiger charge is -2.07. The number of nitrogens with two attached hydrogens (primary N) is 2. The molecular weight excluding hydrogens is 166 g/mol. The Morgan fingerprint density at radius 2 is 1.75 bits per heavy atom. The van der Waals surface area contributed by atoms with Gasteiger partial charge in [-0.15, -0.1) is 0 Å². The summed E-state index contributed by atoms with van der Waals surface area (Å²) in [7, 11) is 0. The van der Waals surface area contributed by atoms with Crippen molar-refractivity contribution in [3.63, 3.8) is 0 Å². The standard InChI is InChI=1S/C4H7N5O3/c5-1-2(10)4(7)9(12)8(11)3(1)6/h7,11-12H,5-6H2. The van der Waals surface area contributed by atoms with E-state index in [9.17, 15) is 4.79 Å². The summed E-state index contributed by atoms with van der Waals surface area (Å²) < 4.78 is 0. The molecular formula is C4H7N5O3. The Morgan fingerprint density at radius 1 is 1.25 bits per heavy atom. The lowest BCUT2D eigenvalue weighted by atomic mass is 10.4. The zero-order valence-electron chi connectivity index (χ0n) is 5.85. The molecule has 1 rings (SSSR count). The fourth-order valence-electron chi connectivity index (χ4n) is 0.639. The molecule has 12 heavy (non-hydrogen) atoms. The van der Waals surface area contributed by atoms with Crippen LogP contribution < -0.4 is 22.4 Å². The maximum absolute atomic E-state index is 10.9. The van der Waals surface area contributed by atoms with Gasteiger partial charge in [-0.25, -0.2) is 0 Å². The monoisotopic (exact) mass is 173 g/mol. The van der Waals surface area contributed by atoms with Gasteiger partial charge in [-0.05, 0) is 0 Å². The van der Waals surface area contributed by atoms with Gasteiger partial charge in [0.1, 0.15) is 5.69 Å². The summed E-state index contributed by atoms with van der Waals surface area (Å²) >= 11 is 0. The summed E-state index contributed by atoms with van der Waals surface area (Å²) in [5.74, 6) is -0.515. The quantitative estimate of drug-likeness (QED) is 0.282. The Bertz CT molecular complexity index is 389. The number of aromatic nitrogens is 2. The molecule has 0 unspecified atom stereocenters. The highest BCUT2D eigenvalue weighted by atomic mass is 16.6. The molecule has 1 heterocycles. The van der Waals surface area contributed by atoms with Crippen molar-refractivity contribution >= 4 is 11.5 Å². The highest BCUT2D eigenvalue weighted by Crippen LogP contribution is 2.01. The zero-order chi connectivity index (χ0) is 9.46. The molecule has 0 fully saturated rings. The van der Waals surface area contributed by atoms with E-state index in [1.807, 2.05) is 0 Å². The molecule has 1 aromatic rings. The number of rotatable bonds is 0. The maximum atomic E-state index is 10.9. The van der Waals surface area contributed by atoms with Gasteiger partial charge in [0.25, 0.3) is 5.43 Å². The third-order valence-electron chi connectivity index (χ3n) is 1.33. The lowest BCUT2D eigenvalue weighted by molar-refractivity contribution is -0.0211. The second kappa shape index (κ2) is 2.19. The van der Waals surface area contributed by atoms with E-state index in [4.69, 9.17) is 27.3 Å². The predicted octanol–water partition coefficient (Wildman–Crippen LogP) is -2.23. The van der Waals surface area contributed by atoms with Crippen molar-refractivity contribution in [2.24, 2.45) is 0 Å². The first-order chi connectivity index (χ1) is 5.46. The van der Waals surface area contributed by atoms with E-state index < -0.39 is 22.4 Å². The largest absolute Gasteiger partial charge is 0.409 e. The normalized spacial score (nSPS) is 10.0. The van der Waals surface area contributed by atoms with Crippen LogP contribution in [0.2, 0.25) is 0 Å². The summed E-state index contributed by atoms with van der Waals surface area (Å²) in [5, 5.41) is 24.6. The molecule has 0 radical (unpaired) electrons. The average molecular weight is 173 g/mol. The van der Waals surface area contributed by atoms with Crippen molar-refractivity contribution in [2.75, 3.05) is 11.5 Å². The minimum atomic E-state index is -0.944. The van der Waals surface area contributed by atoms with E-state index in [0.29, 0.717) is 0 Å². The smallest absolute Gasteiger partial charge is 0.252 e. The SMILES string of the molecule is N=c1c(=O)c(N)c(N)n(O)n1O. The van der Waals surface area contributed by atoms with Crippen LogP contribution in [0.1, 0.15) is 0 Å². The Labute approximate surface area is 65.3 Å². The van der Waals surface area contributed by atoms with Crippen LogP contribution in [0.25, 0.3) is 0 Å². The molecule has 0 aromatic carbocycles. The Kier molecular flexibility index (Phi) is 1.45. The van der Waals surface area contributed by atoms with Gasteiger partial charge >= 0.3 is 0 Å². The van der Waals surface area contributed by atoms with E-state index >= 15 is 0 Å². The number of hydrogen-bond acceptors (Lipinski definition) is 6. The van der Waals surface area contributed by atoms with Gasteiger partial charge in [-0.3, -0.25) is 10.2 Å². The van der Waals surface area contributed by atoms with Crippen molar-refractivity contribution in [1.29, 1.82) is 5.41 Å². The molecule has 7 N–H and O–H groups in total. The zero-order valence-corrected chi connectivity index (χ0v) is 5.85. The summed E-state index contributed by atoms with van der Waals surface area (Å²) in [6.45, 7) is 0. The van der Waals surface area contributed by atoms with Gasteiger partial charge in [0.2, 0.25) is 5.49 Å². The fraction of sp³-hybridized carbons (Fsp3) is 0. The molecule has 66 valence electrons. The molecule has 0 saturated heterocycles. The van der Waals surface area contributed by atoms with Crippen LogP contribution in [0.5, 0.6) is 0 Å². The second-order valence-electron chi connectivity index (χ2n) is 2.06. The number of hydrogen-bond donors (Lipinski definition) is 5. The van der Waals surface area contributed by atoms with Gasteiger partial charge < -0.3 is 21.9 Å². The summed E-state index contributed by atoms with van der Waals surface area (Å²) in [6, 6.07) is 0.